The molecule has 1 N–H and O–H groups in total. The maximum Gasteiger partial charge on any atom is 0.232 e. The fourth-order valence-electron chi connectivity index (χ4n) is 1.98. The number of piperidine rings is 1. The first-order valence-corrected chi connectivity index (χ1v) is 7.67. The van der Waals surface area contributed by atoms with Crippen molar-refractivity contribution in [2.24, 2.45) is 0 Å². The van der Waals surface area contributed by atoms with E-state index in [0.717, 1.165) is 32.2 Å². The monoisotopic (exact) mass is 259 g/mol. The Bertz CT molecular complexity index is 489. The molecule has 6 nitrogen and oxygen atoms in total. The first-order valence-electron chi connectivity index (χ1n) is 5.61. The summed E-state index contributed by atoms with van der Waals surface area (Å²) >= 11 is 0. The van der Waals surface area contributed by atoms with Gasteiger partial charge in [0.25, 0.3) is 0 Å². The van der Waals surface area contributed by atoms with Crippen LogP contribution in [0.5, 0.6) is 0 Å². The highest BCUT2D eigenvalue weighted by Crippen LogP contribution is 2.31. The zero-order chi connectivity index (χ0) is 12.5. The SMILES string of the molecule is CC1(c2nc(CS(C)(=O)=O)no2)CCNCC1. The van der Waals surface area contributed by atoms with E-state index in [1.807, 2.05) is 0 Å². The second-order valence-electron chi connectivity index (χ2n) is 4.90. The molecule has 17 heavy (non-hydrogen) atoms. The van der Waals surface area contributed by atoms with E-state index >= 15 is 0 Å². The van der Waals surface area contributed by atoms with Crippen molar-refractivity contribution in [3.63, 3.8) is 0 Å². The molecule has 0 atom stereocenters. The van der Waals surface area contributed by atoms with Gasteiger partial charge in [-0.2, -0.15) is 4.98 Å². The summed E-state index contributed by atoms with van der Waals surface area (Å²) in [7, 11) is -3.11. The van der Waals surface area contributed by atoms with Gasteiger partial charge in [0.1, 0.15) is 5.75 Å². The molecule has 7 heteroatoms. The lowest BCUT2D eigenvalue weighted by atomic mass is 9.81. The van der Waals surface area contributed by atoms with Gasteiger partial charge in [0.05, 0.1) is 0 Å². The van der Waals surface area contributed by atoms with Crippen LogP contribution in [0.25, 0.3) is 0 Å². The molecule has 1 aromatic heterocycles. The smallest absolute Gasteiger partial charge is 0.232 e. The summed E-state index contributed by atoms with van der Waals surface area (Å²) < 4.78 is 27.5. The van der Waals surface area contributed by atoms with Crippen molar-refractivity contribution in [3.05, 3.63) is 11.7 Å². The molecule has 1 aromatic rings. The molecule has 0 spiro atoms. The summed E-state index contributed by atoms with van der Waals surface area (Å²) in [6.45, 7) is 3.91. The van der Waals surface area contributed by atoms with Crippen LogP contribution in [0.3, 0.4) is 0 Å². The van der Waals surface area contributed by atoms with Crippen LogP contribution in [0.1, 0.15) is 31.5 Å². The van der Waals surface area contributed by atoms with Gasteiger partial charge >= 0.3 is 0 Å². The quantitative estimate of drug-likeness (QED) is 0.838. The van der Waals surface area contributed by atoms with Gasteiger partial charge in [-0.3, -0.25) is 0 Å². The number of nitrogens with one attached hydrogen (secondary N) is 1. The van der Waals surface area contributed by atoms with Crippen molar-refractivity contribution in [3.8, 4) is 0 Å². The molecule has 2 rings (SSSR count). The molecule has 96 valence electrons. The Hall–Kier alpha value is -0.950. The maximum absolute atomic E-state index is 11.1. The van der Waals surface area contributed by atoms with E-state index in [1.165, 1.54) is 0 Å². The Balaban J connectivity index is 2.17. The van der Waals surface area contributed by atoms with Crippen LogP contribution in [0.2, 0.25) is 0 Å². The standard InChI is InChI=1S/C10H17N3O3S/c1-10(3-5-11-6-4-10)9-12-8(13-16-9)7-17(2,14)15/h11H,3-7H2,1-2H3. The summed E-state index contributed by atoms with van der Waals surface area (Å²) in [5.74, 6) is 0.644. The Kier molecular flexibility index (Phi) is 3.22. The summed E-state index contributed by atoms with van der Waals surface area (Å²) in [6, 6.07) is 0. The van der Waals surface area contributed by atoms with E-state index < -0.39 is 9.84 Å². The predicted octanol–water partition coefficient (Wildman–Crippen LogP) is 0.255. The molecule has 0 saturated carbocycles. The van der Waals surface area contributed by atoms with Crippen molar-refractivity contribution in [1.29, 1.82) is 0 Å². The number of rotatable bonds is 3. The van der Waals surface area contributed by atoms with Crippen LogP contribution in [-0.4, -0.2) is 37.9 Å². The van der Waals surface area contributed by atoms with Gasteiger partial charge < -0.3 is 9.84 Å². The number of hydrogen-bond acceptors (Lipinski definition) is 6. The molecule has 2 heterocycles. The number of sulfone groups is 1. The average Bonchev–Trinajstić information content (AvgIpc) is 2.65. The van der Waals surface area contributed by atoms with E-state index in [0.29, 0.717) is 5.89 Å². The zero-order valence-electron chi connectivity index (χ0n) is 10.1. The van der Waals surface area contributed by atoms with E-state index in [2.05, 4.69) is 22.4 Å². The lowest BCUT2D eigenvalue weighted by molar-refractivity contribution is 0.240. The van der Waals surface area contributed by atoms with Gasteiger partial charge in [-0.15, -0.1) is 0 Å². The number of nitrogens with zero attached hydrogens (tertiary/aromatic N) is 2. The Labute approximate surface area is 101 Å². The molecule has 1 saturated heterocycles. The molecule has 0 aliphatic carbocycles. The number of hydrogen-bond donors (Lipinski definition) is 1. The van der Waals surface area contributed by atoms with Crippen LogP contribution >= 0.6 is 0 Å². The second kappa shape index (κ2) is 4.38. The van der Waals surface area contributed by atoms with Gasteiger partial charge in [0.2, 0.25) is 5.89 Å². The highest BCUT2D eigenvalue weighted by molar-refractivity contribution is 7.89. The molecule has 1 aliphatic rings. The zero-order valence-corrected chi connectivity index (χ0v) is 10.9. The van der Waals surface area contributed by atoms with Crippen molar-refractivity contribution in [2.75, 3.05) is 19.3 Å². The second-order valence-corrected chi connectivity index (χ2v) is 7.04. The van der Waals surface area contributed by atoms with Crippen LogP contribution in [0, 0.1) is 0 Å². The summed E-state index contributed by atoms with van der Waals surface area (Å²) in [5.41, 5.74) is -0.131. The number of aromatic nitrogens is 2. The van der Waals surface area contributed by atoms with E-state index in [4.69, 9.17) is 4.52 Å². The molecule has 0 radical (unpaired) electrons. The van der Waals surface area contributed by atoms with E-state index in [9.17, 15) is 8.42 Å². The molecule has 0 bridgehead atoms. The molecule has 0 amide bonds. The van der Waals surface area contributed by atoms with Gasteiger partial charge in [-0.25, -0.2) is 8.42 Å². The molecule has 0 unspecified atom stereocenters. The summed E-state index contributed by atoms with van der Waals surface area (Å²) in [5, 5.41) is 7.01. The van der Waals surface area contributed by atoms with Gasteiger partial charge in [-0.05, 0) is 25.9 Å². The van der Waals surface area contributed by atoms with Crippen molar-refractivity contribution < 1.29 is 12.9 Å². The predicted molar refractivity (Wildman–Crippen MR) is 62.3 cm³/mol. The van der Waals surface area contributed by atoms with E-state index in [1.54, 1.807) is 0 Å². The fraction of sp³-hybridized carbons (Fsp3) is 0.800. The fourth-order valence-corrected chi connectivity index (χ4v) is 2.57. The third-order valence-corrected chi connectivity index (χ3v) is 3.87. The van der Waals surface area contributed by atoms with Crippen molar-refractivity contribution in [2.45, 2.75) is 30.9 Å². The Morgan fingerprint density at radius 1 is 1.41 bits per heavy atom. The normalized spacial score (nSPS) is 20.4. The minimum atomic E-state index is -3.11. The maximum atomic E-state index is 11.1. The highest BCUT2D eigenvalue weighted by atomic mass is 32.2. The largest absolute Gasteiger partial charge is 0.339 e. The summed E-state index contributed by atoms with van der Waals surface area (Å²) in [4.78, 5) is 4.21. The first kappa shape index (κ1) is 12.5. The minimum Gasteiger partial charge on any atom is -0.339 e. The van der Waals surface area contributed by atoms with Crippen LogP contribution < -0.4 is 5.32 Å². The minimum absolute atomic E-state index is 0.131. The topological polar surface area (TPSA) is 85.1 Å². The van der Waals surface area contributed by atoms with Gasteiger partial charge in [0, 0.05) is 11.7 Å². The van der Waals surface area contributed by atoms with Crippen LogP contribution in [-0.2, 0) is 21.0 Å². The van der Waals surface area contributed by atoms with Crippen LogP contribution in [0.15, 0.2) is 4.52 Å². The molecular formula is C10H17N3O3S. The molecule has 1 fully saturated rings. The molecule has 0 aromatic carbocycles. The average molecular weight is 259 g/mol. The highest BCUT2D eigenvalue weighted by Gasteiger charge is 2.34. The van der Waals surface area contributed by atoms with Crippen molar-refractivity contribution >= 4 is 9.84 Å². The van der Waals surface area contributed by atoms with Crippen LogP contribution in [0.4, 0.5) is 0 Å². The summed E-state index contributed by atoms with van der Waals surface area (Å²) in [6.07, 6.45) is 3.01. The molecule has 1 aliphatic heterocycles. The first-order chi connectivity index (χ1) is 7.89. The molecular weight excluding hydrogens is 242 g/mol. The van der Waals surface area contributed by atoms with E-state index in [-0.39, 0.29) is 17.0 Å². The van der Waals surface area contributed by atoms with Gasteiger partial charge in [0.15, 0.2) is 15.7 Å². The van der Waals surface area contributed by atoms with Gasteiger partial charge in [-0.1, -0.05) is 12.1 Å². The third-order valence-electron chi connectivity index (χ3n) is 3.08. The Morgan fingerprint density at radius 3 is 2.65 bits per heavy atom. The van der Waals surface area contributed by atoms with Crippen molar-refractivity contribution in [1.82, 2.24) is 15.5 Å². The lowest BCUT2D eigenvalue weighted by Crippen LogP contribution is -2.37. The Morgan fingerprint density at radius 2 is 2.06 bits per heavy atom. The lowest BCUT2D eigenvalue weighted by Gasteiger charge is -2.30. The third kappa shape index (κ3) is 3.04.